The van der Waals surface area contributed by atoms with Gasteiger partial charge in [-0.1, -0.05) is 18.2 Å². The maximum Gasteiger partial charge on any atom is 0.420 e. The van der Waals surface area contributed by atoms with Gasteiger partial charge in [0.25, 0.3) is 5.91 Å². The van der Waals surface area contributed by atoms with Gasteiger partial charge in [-0.25, -0.2) is 9.37 Å². The van der Waals surface area contributed by atoms with E-state index in [-0.39, 0.29) is 32.7 Å². The number of benzene rings is 1. The van der Waals surface area contributed by atoms with Gasteiger partial charge < -0.3 is 5.32 Å². The predicted octanol–water partition coefficient (Wildman–Crippen LogP) is 5.76. The van der Waals surface area contributed by atoms with Crippen molar-refractivity contribution in [2.24, 2.45) is 0 Å². The third kappa shape index (κ3) is 4.06. The standard InChI is InChI=1S/C20H12F4IN3OS/c21-13-4-1-3-11(7-13)12-8-15(20(22,23)24)18-27-16(17(25)28(18)10-12)19(29)26-9-14-5-2-6-30-14/h1-8,10H,9H2,(H,26,29). The lowest BCUT2D eigenvalue weighted by Crippen LogP contribution is -2.23. The predicted molar refractivity (Wildman–Crippen MR) is 114 cm³/mol. The second kappa shape index (κ2) is 7.99. The molecule has 1 amide bonds. The van der Waals surface area contributed by atoms with Crippen LogP contribution in [-0.4, -0.2) is 15.3 Å². The summed E-state index contributed by atoms with van der Waals surface area (Å²) in [5.74, 6) is -1.13. The summed E-state index contributed by atoms with van der Waals surface area (Å²) in [4.78, 5) is 17.5. The monoisotopic (exact) mass is 545 g/mol. The summed E-state index contributed by atoms with van der Waals surface area (Å²) in [6, 6.07) is 9.90. The first-order valence-corrected chi connectivity index (χ1v) is 10.5. The highest BCUT2D eigenvalue weighted by Gasteiger charge is 2.36. The van der Waals surface area contributed by atoms with Gasteiger partial charge in [0.05, 0.1) is 12.1 Å². The highest BCUT2D eigenvalue weighted by molar-refractivity contribution is 14.1. The number of amides is 1. The SMILES string of the molecule is O=C(NCc1cccs1)c1nc2c(C(F)(F)F)cc(-c3cccc(F)c3)cn2c1I. The van der Waals surface area contributed by atoms with Crippen LogP contribution in [0.1, 0.15) is 20.9 Å². The Hall–Kier alpha value is -2.47. The Morgan fingerprint density at radius 3 is 2.63 bits per heavy atom. The minimum atomic E-state index is -4.70. The topological polar surface area (TPSA) is 46.4 Å². The molecule has 4 nitrogen and oxygen atoms in total. The van der Waals surface area contributed by atoms with E-state index in [1.54, 1.807) is 22.6 Å². The van der Waals surface area contributed by atoms with Crippen LogP contribution >= 0.6 is 33.9 Å². The minimum absolute atomic E-state index is 0.103. The number of nitrogens with one attached hydrogen (secondary N) is 1. The number of carbonyl (C=O) groups is 1. The van der Waals surface area contributed by atoms with Crippen LogP contribution in [0.5, 0.6) is 0 Å². The largest absolute Gasteiger partial charge is 0.420 e. The Morgan fingerprint density at radius 1 is 1.17 bits per heavy atom. The quantitative estimate of drug-likeness (QED) is 0.262. The van der Waals surface area contributed by atoms with E-state index >= 15 is 0 Å². The molecule has 0 saturated heterocycles. The first-order valence-electron chi connectivity index (χ1n) is 8.59. The third-order valence-electron chi connectivity index (χ3n) is 4.34. The van der Waals surface area contributed by atoms with Crippen LogP contribution in [0.3, 0.4) is 0 Å². The molecule has 0 unspecified atom stereocenters. The van der Waals surface area contributed by atoms with Gasteiger partial charge in [-0.05, 0) is 63.4 Å². The highest BCUT2D eigenvalue weighted by atomic mass is 127. The zero-order valence-electron chi connectivity index (χ0n) is 15.0. The van der Waals surface area contributed by atoms with E-state index in [1.807, 2.05) is 17.5 Å². The minimum Gasteiger partial charge on any atom is -0.346 e. The number of nitrogens with zero attached hydrogens (tertiary/aromatic N) is 2. The molecule has 0 aliphatic rings. The molecule has 0 bridgehead atoms. The molecule has 0 spiro atoms. The second-order valence-corrected chi connectivity index (χ2v) is 8.41. The molecule has 3 aromatic heterocycles. The molecular formula is C20H12F4IN3OS. The molecule has 3 heterocycles. The van der Waals surface area contributed by atoms with E-state index in [4.69, 9.17) is 0 Å². The van der Waals surface area contributed by atoms with Gasteiger partial charge in [0.15, 0.2) is 11.3 Å². The molecule has 1 aromatic carbocycles. The summed E-state index contributed by atoms with van der Waals surface area (Å²) in [7, 11) is 0. The van der Waals surface area contributed by atoms with Crippen LogP contribution in [0, 0.1) is 9.52 Å². The van der Waals surface area contributed by atoms with Gasteiger partial charge in [0.1, 0.15) is 9.52 Å². The van der Waals surface area contributed by atoms with Crippen LogP contribution in [0.15, 0.2) is 54.0 Å². The van der Waals surface area contributed by atoms with Crippen molar-refractivity contribution in [3.05, 3.63) is 79.7 Å². The van der Waals surface area contributed by atoms with Crippen molar-refractivity contribution in [2.75, 3.05) is 0 Å². The number of aromatic nitrogens is 2. The number of hydrogen-bond donors (Lipinski definition) is 1. The Kier molecular flexibility index (Phi) is 5.53. The number of carbonyl (C=O) groups excluding carboxylic acids is 1. The van der Waals surface area contributed by atoms with E-state index < -0.39 is 23.5 Å². The van der Waals surface area contributed by atoms with Crippen molar-refractivity contribution in [3.8, 4) is 11.1 Å². The smallest absolute Gasteiger partial charge is 0.346 e. The van der Waals surface area contributed by atoms with Gasteiger partial charge in [-0.15, -0.1) is 11.3 Å². The van der Waals surface area contributed by atoms with Crippen molar-refractivity contribution in [1.29, 1.82) is 0 Å². The average molecular weight is 545 g/mol. The molecule has 0 aliphatic carbocycles. The first kappa shape index (κ1) is 20.8. The van der Waals surface area contributed by atoms with Crippen LogP contribution in [0.2, 0.25) is 0 Å². The number of thiophene rings is 1. The number of halogens is 5. The fourth-order valence-corrected chi connectivity index (χ4v) is 4.34. The molecule has 30 heavy (non-hydrogen) atoms. The molecule has 0 atom stereocenters. The van der Waals surface area contributed by atoms with Gasteiger partial charge in [0.2, 0.25) is 0 Å². The number of pyridine rings is 1. The average Bonchev–Trinajstić information content (AvgIpc) is 3.33. The number of fused-ring (bicyclic) bond motifs is 1. The van der Waals surface area contributed by atoms with Gasteiger partial charge in [-0.3, -0.25) is 9.20 Å². The number of rotatable bonds is 4. The summed E-state index contributed by atoms with van der Waals surface area (Å²) >= 11 is 3.24. The Balaban J connectivity index is 1.81. The molecular weight excluding hydrogens is 533 g/mol. The summed E-state index contributed by atoms with van der Waals surface area (Å²) in [5.41, 5.74) is -1.03. The zero-order valence-corrected chi connectivity index (χ0v) is 18.0. The van der Waals surface area contributed by atoms with Crippen LogP contribution in [0.25, 0.3) is 16.8 Å². The van der Waals surface area contributed by atoms with Crippen molar-refractivity contribution in [1.82, 2.24) is 14.7 Å². The number of imidazole rings is 1. The van der Waals surface area contributed by atoms with E-state index in [1.165, 1.54) is 40.1 Å². The lowest BCUT2D eigenvalue weighted by molar-refractivity contribution is -0.136. The maximum absolute atomic E-state index is 13.7. The number of alkyl halides is 3. The molecule has 4 rings (SSSR count). The normalized spacial score (nSPS) is 11.8. The van der Waals surface area contributed by atoms with Crippen LogP contribution in [-0.2, 0) is 12.7 Å². The van der Waals surface area contributed by atoms with Crippen molar-refractivity contribution < 1.29 is 22.4 Å². The third-order valence-corrected chi connectivity index (χ3v) is 6.25. The number of hydrogen-bond acceptors (Lipinski definition) is 3. The summed E-state index contributed by atoms with van der Waals surface area (Å²) < 4.78 is 56.3. The van der Waals surface area contributed by atoms with E-state index in [9.17, 15) is 22.4 Å². The Labute approximate surface area is 185 Å². The second-order valence-electron chi connectivity index (χ2n) is 6.36. The van der Waals surface area contributed by atoms with Gasteiger partial charge in [0, 0.05) is 11.1 Å². The van der Waals surface area contributed by atoms with E-state index in [0.717, 1.165) is 17.0 Å². The van der Waals surface area contributed by atoms with Crippen molar-refractivity contribution in [2.45, 2.75) is 12.7 Å². The van der Waals surface area contributed by atoms with E-state index in [0.29, 0.717) is 0 Å². The molecule has 0 fully saturated rings. The van der Waals surface area contributed by atoms with Crippen molar-refractivity contribution in [3.63, 3.8) is 0 Å². The lowest BCUT2D eigenvalue weighted by Gasteiger charge is -2.11. The maximum atomic E-state index is 13.7. The van der Waals surface area contributed by atoms with Gasteiger partial charge in [-0.2, -0.15) is 13.2 Å². The lowest BCUT2D eigenvalue weighted by atomic mass is 10.1. The Morgan fingerprint density at radius 2 is 1.97 bits per heavy atom. The summed E-state index contributed by atoms with van der Waals surface area (Å²) in [6.45, 7) is 0.251. The van der Waals surface area contributed by atoms with E-state index in [2.05, 4.69) is 10.3 Å². The van der Waals surface area contributed by atoms with Crippen LogP contribution in [0.4, 0.5) is 17.6 Å². The Bertz CT molecular complexity index is 1240. The molecule has 0 radical (unpaired) electrons. The fourth-order valence-electron chi connectivity index (χ4n) is 2.96. The van der Waals surface area contributed by atoms with Crippen molar-refractivity contribution >= 4 is 45.5 Å². The first-order chi connectivity index (χ1) is 14.2. The molecule has 4 aromatic rings. The molecule has 1 N–H and O–H groups in total. The molecule has 154 valence electrons. The molecule has 0 aliphatic heterocycles. The molecule has 0 saturated carbocycles. The van der Waals surface area contributed by atoms with Crippen LogP contribution < -0.4 is 5.32 Å². The van der Waals surface area contributed by atoms with Gasteiger partial charge >= 0.3 is 6.18 Å². The molecule has 10 heteroatoms. The summed E-state index contributed by atoms with van der Waals surface area (Å²) in [5, 5.41) is 4.54. The fraction of sp³-hybridized carbons (Fsp3) is 0.100. The summed E-state index contributed by atoms with van der Waals surface area (Å²) in [6.07, 6.45) is -3.28. The zero-order chi connectivity index (χ0) is 21.5. The highest BCUT2D eigenvalue weighted by Crippen LogP contribution is 2.36.